The van der Waals surface area contributed by atoms with E-state index >= 15 is 0 Å². The van der Waals surface area contributed by atoms with Crippen LogP contribution in [-0.2, 0) is 15.6 Å². The molecule has 0 aliphatic carbocycles. The molecule has 0 saturated carbocycles. The average molecular weight is 441 g/mol. The Labute approximate surface area is 191 Å². The van der Waals surface area contributed by atoms with Gasteiger partial charge in [0, 0.05) is 0 Å². The lowest BCUT2D eigenvalue weighted by Gasteiger charge is -2.27. The Kier molecular flexibility index (Phi) is 8.31. The van der Waals surface area contributed by atoms with Gasteiger partial charge in [-0.25, -0.2) is 0 Å². The highest BCUT2D eigenvalue weighted by molar-refractivity contribution is 5.97. The molecule has 0 spiro atoms. The topological polar surface area (TPSA) is 76.7 Å². The summed E-state index contributed by atoms with van der Waals surface area (Å²) >= 11 is 0. The smallest absolute Gasteiger partial charge is 0.276 e. The van der Waals surface area contributed by atoms with E-state index in [0.29, 0.717) is 23.7 Å². The van der Waals surface area contributed by atoms with Gasteiger partial charge in [-0.05, 0) is 46.6 Å². The molecule has 2 aromatic rings. The highest BCUT2D eigenvalue weighted by Crippen LogP contribution is 2.35. The minimum Gasteiger partial charge on any atom is -0.493 e. The first kappa shape index (κ1) is 25.2. The summed E-state index contributed by atoms with van der Waals surface area (Å²) in [6.45, 7) is 15.1. The van der Waals surface area contributed by atoms with E-state index in [4.69, 9.17) is 9.47 Å². The van der Waals surface area contributed by atoms with E-state index in [1.807, 2.05) is 19.1 Å². The molecule has 2 amide bonds. The third kappa shape index (κ3) is 7.01. The SMILES string of the molecule is CCCOc1ccccc1C(=O)NNC(=O)COc1ccc(C(C)(C)C)cc1C(C)(C)C. The Balaban J connectivity index is 2.01. The van der Waals surface area contributed by atoms with Crippen LogP contribution in [0.25, 0.3) is 0 Å². The summed E-state index contributed by atoms with van der Waals surface area (Å²) in [5.74, 6) is 0.233. The molecule has 2 N–H and O–H groups in total. The van der Waals surface area contributed by atoms with Crippen LogP contribution >= 0.6 is 0 Å². The molecule has 0 heterocycles. The molecule has 0 aliphatic heterocycles. The first-order valence-corrected chi connectivity index (χ1v) is 11.0. The monoisotopic (exact) mass is 440 g/mol. The predicted octanol–water partition coefficient (Wildman–Crippen LogP) is 4.91. The second-order valence-electron chi connectivity index (χ2n) is 9.85. The molecule has 6 nitrogen and oxygen atoms in total. The summed E-state index contributed by atoms with van der Waals surface area (Å²) in [6.07, 6.45) is 0.831. The summed E-state index contributed by atoms with van der Waals surface area (Å²) in [6, 6.07) is 13.0. The van der Waals surface area contributed by atoms with Crippen molar-refractivity contribution in [1.29, 1.82) is 0 Å². The standard InChI is InChI=1S/C26H36N2O4/c1-8-15-31-21-12-10-9-11-19(21)24(30)28-27-23(29)17-32-22-14-13-18(25(2,3)4)16-20(22)26(5,6)7/h9-14,16H,8,15,17H2,1-7H3,(H,27,29)(H,28,30). The van der Waals surface area contributed by atoms with E-state index in [-0.39, 0.29) is 17.4 Å². The largest absolute Gasteiger partial charge is 0.493 e. The summed E-state index contributed by atoms with van der Waals surface area (Å²) < 4.78 is 11.4. The lowest BCUT2D eigenvalue weighted by atomic mass is 9.80. The maximum absolute atomic E-state index is 12.5. The Morgan fingerprint density at radius 1 is 0.844 bits per heavy atom. The van der Waals surface area contributed by atoms with E-state index < -0.39 is 11.8 Å². The quantitative estimate of drug-likeness (QED) is 0.600. The normalized spacial score (nSPS) is 11.6. The van der Waals surface area contributed by atoms with E-state index in [9.17, 15) is 9.59 Å². The number of para-hydroxylation sites is 1. The van der Waals surface area contributed by atoms with Crippen LogP contribution < -0.4 is 20.3 Å². The molecule has 174 valence electrons. The van der Waals surface area contributed by atoms with E-state index in [1.165, 1.54) is 5.56 Å². The summed E-state index contributed by atoms with van der Waals surface area (Å²) in [5.41, 5.74) is 7.29. The number of ether oxygens (including phenoxy) is 2. The summed E-state index contributed by atoms with van der Waals surface area (Å²) in [4.78, 5) is 24.8. The Bertz CT molecular complexity index is 940. The molecular weight excluding hydrogens is 404 g/mol. The van der Waals surface area contributed by atoms with Crippen molar-refractivity contribution in [3.05, 3.63) is 59.2 Å². The number of rotatable bonds is 7. The van der Waals surface area contributed by atoms with Gasteiger partial charge in [0.15, 0.2) is 6.61 Å². The molecular formula is C26H36N2O4. The van der Waals surface area contributed by atoms with Gasteiger partial charge in [-0.15, -0.1) is 0 Å². The van der Waals surface area contributed by atoms with E-state index in [0.717, 1.165) is 12.0 Å². The first-order valence-electron chi connectivity index (χ1n) is 11.0. The second-order valence-corrected chi connectivity index (χ2v) is 9.85. The van der Waals surface area contributed by atoms with Crippen molar-refractivity contribution in [1.82, 2.24) is 10.9 Å². The number of carbonyl (C=O) groups excluding carboxylic acids is 2. The van der Waals surface area contributed by atoms with Crippen LogP contribution in [0.1, 0.15) is 76.4 Å². The number of nitrogens with one attached hydrogen (secondary N) is 2. The number of benzene rings is 2. The van der Waals surface area contributed by atoms with Gasteiger partial charge in [0.05, 0.1) is 12.2 Å². The number of hydrazine groups is 1. The number of hydrogen-bond donors (Lipinski definition) is 2. The fraction of sp³-hybridized carbons (Fsp3) is 0.462. The van der Waals surface area contributed by atoms with Gasteiger partial charge < -0.3 is 9.47 Å². The van der Waals surface area contributed by atoms with Gasteiger partial charge in [-0.3, -0.25) is 20.4 Å². The first-order chi connectivity index (χ1) is 14.9. The van der Waals surface area contributed by atoms with Crippen LogP contribution in [0.3, 0.4) is 0 Å². The van der Waals surface area contributed by atoms with Gasteiger partial charge in [-0.1, -0.05) is 72.7 Å². The van der Waals surface area contributed by atoms with Crippen LogP contribution in [0.5, 0.6) is 11.5 Å². The molecule has 0 radical (unpaired) electrons. The Morgan fingerprint density at radius 2 is 1.53 bits per heavy atom. The number of hydrogen-bond acceptors (Lipinski definition) is 4. The van der Waals surface area contributed by atoms with Crippen molar-refractivity contribution in [2.75, 3.05) is 13.2 Å². The van der Waals surface area contributed by atoms with Crippen molar-refractivity contribution in [2.45, 2.75) is 65.7 Å². The zero-order valence-electron chi connectivity index (χ0n) is 20.3. The Morgan fingerprint density at radius 3 is 2.16 bits per heavy atom. The van der Waals surface area contributed by atoms with Crippen molar-refractivity contribution >= 4 is 11.8 Å². The van der Waals surface area contributed by atoms with Crippen LogP contribution in [0.15, 0.2) is 42.5 Å². The van der Waals surface area contributed by atoms with Crippen molar-refractivity contribution < 1.29 is 19.1 Å². The van der Waals surface area contributed by atoms with Crippen LogP contribution in [0.2, 0.25) is 0 Å². The third-order valence-corrected chi connectivity index (χ3v) is 4.92. The Hall–Kier alpha value is -3.02. The van der Waals surface area contributed by atoms with Gasteiger partial charge in [-0.2, -0.15) is 0 Å². The second kappa shape index (κ2) is 10.5. The third-order valence-electron chi connectivity index (χ3n) is 4.92. The zero-order chi connectivity index (χ0) is 23.9. The lowest BCUT2D eigenvalue weighted by molar-refractivity contribution is -0.123. The molecule has 0 unspecified atom stereocenters. The molecule has 0 aromatic heterocycles. The summed E-state index contributed by atoms with van der Waals surface area (Å²) in [5, 5.41) is 0. The predicted molar refractivity (Wildman–Crippen MR) is 127 cm³/mol. The molecule has 32 heavy (non-hydrogen) atoms. The van der Waals surface area contributed by atoms with Crippen LogP contribution in [0, 0.1) is 0 Å². The van der Waals surface area contributed by atoms with Crippen molar-refractivity contribution in [3.63, 3.8) is 0 Å². The van der Waals surface area contributed by atoms with Gasteiger partial charge >= 0.3 is 0 Å². The lowest BCUT2D eigenvalue weighted by Crippen LogP contribution is -2.44. The molecule has 0 aliphatic rings. The van der Waals surface area contributed by atoms with Crippen LogP contribution in [-0.4, -0.2) is 25.0 Å². The molecule has 2 rings (SSSR count). The van der Waals surface area contributed by atoms with Gasteiger partial charge in [0.2, 0.25) is 0 Å². The average Bonchev–Trinajstić information content (AvgIpc) is 2.73. The van der Waals surface area contributed by atoms with Gasteiger partial charge in [0.1, 0.15) is 11.5 Å². The van der Waals surface area contributed by atoms with Crippen molar-refractivity contribution in [3.8, 4) is 11.5 Å². The number of amides is 2. The molecule has 0 fully saturated rings. The highest BCUT2D eigenvalue weighted by atomic mass is 16.5. The molecule has 2 aromatic carbocycles. The maximum atomic E-state index is 12.5. The molecule has 0 bridgehead atoms. The van der Waals surface area contributed by atoms with Crippen molar-refractivity contribution in [2.24, 2.45) is 0 Å². The fourth-order valence-electron chi connectivity index (χ4n) is 3.07. The number of carbonyl (C=O) groups is 2. The minimum absolute atomic E-state index is 0.0112. The maximum Gasteiger partial charge on any atom is 0.276 e. The fourth-order valence-corrected chi connectivity index (χ4v) is 3.07. The van der Waals surface area contributed by atoms with E-state index in [1.54, 1.807) is 24.3 Å². The molecule has 6 heteroatoms. The summed E-state index contributed by atoms with van der Waals surface area (Å²) in [7, 11) is 0. The zero-order valence-corrected chi connectivity index (χ0v) is 20.3. The molecule has 0 atom stereocenters. The van der Waals surface area contributed by atoms with Crippen LogP contribution in [0.4, 0.5) is 0 Å². The highest BCUT2D eigenvalue weighted by Gasteiger charge is 2.23. The van der Waals surface area contributed by atoms with E-state index in [2.05, 4.69) is 58.5 Å². The van der Waals surface area contributed by atoms with Gasteiger partial charge in [0.25, 0.3) is 11.8 Å². The molecule has 0 saturated heterocycles. The minimum atomic E-state index is -0.454.